The summed E-state index contributed by atoms with van der Waals surface area (Å²) in [7, 11) is -3.70. The zero-order chi connectivity index (χ0) is 27.2. The van der Waals surface area contributed by atoms with Gasteiger partial charge in [-0.1, -0.05) is 54.1 Å². The molecule has 8 nitrogen and oxygen atoms in total. The number of rotatable bonds is 5. The highest BCUT2D eigenvalue weighted by molar-refractivity contribution is 7.89. The molecule has 0 unspecified atom stereocenters. The summed E-state index contributed by atoms with van der Waals surface area (Å²) in [6.45, 7) is 1.92. The number of para-hydroxylation sites is 1. The van der Waals surface area contributed by atoms with Crippen LogP contribution in [0.4, 0.5) is 17.2 Å². The third-order valence-corrected chi connectivity index (χ3v) is 9.04. The minimum Gasteiger partial charge on any atom is -0.338 e. The monoisotopic (exact) mass is 536 g/mol. The lowest BCUT2D eigenvalue weighted by Crippen LogP contribution is -2.50. The van der Waals surface area contributed by atoms with Gasteiger partial charge in [0.1, 0.15) is 11.7 Å². The second kappa shape index (κ2) is 9.44. The van der Waals surface area contributed by atoms with Crippen molar-refractivity contribution in [1.29, 1.82) is 10.8 Å². The van der Waals surface area contributed by atoms with Crippen LogP contribution in [0.5, 0.6) is 0 Å². The van der Waals surface area contributed by atoms with Crippen molar-refractivity contribution < 1.29 is 8.42 Å². The van der Waals surface area contributed by atoms with Gasteiger partial charge in [0.25, 0.3) is 0 Å². The zero-order valence-electron chi connectivity index (χ0n) is 21.4. The molecular weight excluding hydrogens is 508 g/mol. The molecule has 6 rings (SSSR count). The SMILES string of the molecule is Cc1ccc(S(=O)(=O)NC2(c3ccc(C(=N)N4C(=N)c5ccccc5Nc5ncccc54)cc3)CCC2)cc1. The van der Waals surface area contributed by atoms with Crippen LogP contribution < -0.4 is 14.9 Å². The second-order valence-corrected chi connectivity index (χ2v) is 11.7. The van der Waals surface area contributed by atoms with E-state index in [0.29, 0.717) is 35.5 Å². The molecule has 2 aliphatic rings. The van der Waals surface area contributed by atoms with Crippen LogP contribution in [-0.4, -0.2) is 25.1 Å². The number of anilines is 3. The van der Waals surface area contributed by atoms with Crippen molar-refractivity contribution in [2.45, 2.75) is 36.6 Å². The van der Waals surface area contributed by atoms with E-state index in [4.69, 9.17) is 10.8 Å². The Morgan fingerprint density at radius 3 is 2.38 bits per heavy atom. The van der Waals surface area contributed by atoms with Crippen molar-refractivity contribution in [1.82, 2.24) is 9.71 Å². The summed E-state index contributed by atoms with van der Waals surface area (Å²) in [5.41, 5.74) is 3.81. The first-order valence-corrected chi connectivity index (χ1v) is 14.3. The van der Waals surface area contributed by atoms with Gasteiger partial charge in [0.05, 0.1) is 21.8 Å². The fraction of sp³-hybridized carbons (Fsp3) is 0.167. The van der Waals surface area contributed by atoms with E-state index in [1.54, 1.807) is 41.4 Å². The molecule has 0 atom stereocenters. The molecule has 0 bridgehead atoms. The van der Waals surface area contributed by atoms with E-state index in [0.717, 1.165) is 23.2 Å². The maximum atomic E-state index is 13.2. The van der Waals surface area contributed by atoms with Crippen LogP contribution in [0.3, 0.4) is 0 Å². The molecule has 0 saturated heterocycles. The fourth-order valence-electron chi connectivity index (χ4n) is 5.16. The van der Waals surface area contributed by atoms with E-state index in [1.807, 2.05) is 61.5 Å². The third-order valence-electron chi connectivity index (χ3n) is 7.49. The van der Waals surface area contributed by atoms with Gasteiger partial charge >= 0.3 is 0 Å². The van der Waals surface area contributed by atoms with Crippen LogP contribution in [0.2, 0.25) is 0 Å². The topological polar surface area (TPSA) is 122 Å². The van der Waals surface area contributed by atoms with E-state index >= 15 is 0 Å². The molecule has 1 saturated carbocycles. The van der Waals surface area contributed by atoms with Gasteiger partial charge in [-0.15, -0.1) is 0 Å². The van der Waals surface area contributed by atoms with Crippen molar-refractivity contribution in [3.63, 3.8) is 0 Å². The maximum absolute atomic E-state index is 13.2. The van der Waals surface area contributed by atoms with Crippen LogP contribution in [0, 0.1) is 17.7 Å². The second-order valence-electron chi connectivity index (χ2n) is 10.0. The molecule has 4 aromatic rings. The predicted molar refractivity (Wildman–Crippen MR) is 154 cm³/mol. The number of nitrogens with one attached hydrogen (secondary N) is 4. The van der Waals surface area contributed by atoms with Gasteiger partial charge in [0.2, 0.25) is 10.0 Å². The first-order valence-electron chi connectivity index (χ1n) is 12.8. The van der Waals surface area contributed by atoms with Crippen LogP contribution in [0.1, 0.15) is 41.5 Å². The van der Waals surface area contributed by atoms with Gasteiger partial charge in [-0.3, -0.25) is 15.7 Å². The molecule has 2 heterocycles. The molecule has 0 spiro atoms. The molecule has 0 radical (unpaired) electrons. The number of benzene rings is 3. The van der Waals surface area contributed by atoms with Gasteiger partial charge in [-0.05, 0) is 68.1 Å². The number of pyridine rings is 1. The minimum absolute atomic E-state index is 0.127. The Balaban J connectivity index is 1.31. The Kier molecular flexibility index (Phi) is 6.05. The smallest absolute Gasteiger partial charge is 0.241 e. The minimum atomic E-state index is -3.70. The number of hydrogen-bond donors (Lipinski definition) is 4. The molecule has 4 N–H and O–H groups in total. The largest absolute Gasteiger partial charge is 0.338 e. The maximum Gasteiger partial charge on any atom is 0.241 e. The molecule has 39 heavy (non-hydrogen) atoms. The summed E-state index contributed by atoms with van der Waals surface area (Å²) in [6, 6.07) is 25.4. The molecular formula is C30H28N6O2S. The fourth-order valence-corrected chi connectivity index (χ4v) is 6.61. The quantitative estimate of drug-likeness (QED) is 0.194. The van der Waals surface area contributed by atoms with Gasteiger partial charge in [0.15, 0.2) is 5.82 Å². The van der Waals surface area contributed by atoms with E-state index in [-0.39, 0.29) is 16.6 Å². The van der Waals surface area contributed by atoms with E-state index in [2.05, 4.69) is 15.0 Å². The van der Waals surface area contributed by atoms with E-state index < -0.39 is 15.6 Å². The van der Waals surface area contributed by atoms with Crippen LogP contribution in [0.15, 0.2) is 96.0 Å². The number of sulfonamides is 1. The summed E-state index contributed by atoms with van der Waals surface area (Å²) in [5, 5.41) is 21.4. The summed E-state index contributed by atoms with van der Waals surface area (Å²) in [4.78, 5) is 6.28. The number of nitrogens with zero attached hydrogens (tertiary/aromatic N) is 2. The van der Waals surface area contributed by atoms with Crippen molar-refractivity contribution >= 4 is 38.9 Å². The van der Waals surface area contributed by atoms with Crippen molar-refractivity contribution in [2.75, 3.05) is 10.2 Å². The molecule has 1 aliphatic carbocycles. The normalized spacial score (nSPS) is 15.8. The van der Waals surface area contributed by atoms with Crippen molar-refractivity contribution in [2.24, 2.45) is 0 Å². The average molecular weight is 537 g/mol. The molecule has 1 aromatic heterocycles. The molecule has 9 heteroatoms. The Hall–Kier alpha value is -4.34. The molecule has 196 valence electrons. The molecule has 1 aliphatic heterocycles. The number of aryl methyl sites for hydroxylation is 1. The van der Waals surface area contributed by atoms with Crippen molar-refractivity contribution in [3.05, 3.63) is 113 Å². The lowest BCUT2D eigenvalue weighted by molar-refractivity contribution is 0.224. The van der Waals surface area contributed by atoms with Crippen LogP contribution in [0.25, 0.3) is 0 Å². The Bertz CT molecular complexity index is 1690. The lowest BCUT2D eigenvalue weighted by atomic mass is 9.72. The first-order chi connectivity index (χ1) is 18.8. The standard InChI is InChI=1S/C30H28N6O2S/c1-20-9-15-23(16-10-20)39(37,38)35-30(17-5-18-30)22-13-11-21(12-14-22)27(31)36-26-8-4-19-33-29(26)34-25-7-3-2-6-24(25)28(36)32/h2-4,6-16,19,31-32,35H,5,17-18H2,1H3,(H,33,34). The van der Waals surface area contributed by atoms with E-state index in [9.17, 15) is 8.42 Å². The Labute approximate surface area is 227 Å². The summed E-state index contributed by atoms with van der Waals surface area (Å²) >= 11 is 0. The summed E-state index contributed by atoms with van der Waals surface area (Å²) in [6.07, 6.45) is 4.01. The van der Waals surface area contributed by atoms with Gasteiger partial charge < -0.3 is 5.32 Å². The third kappa shape index (κ3) is 4.39. The highest BCUT2D eigenvalue weighted by Gasteiger charge is 2.42. The van der Waals surface area contributed by atoms with E-state index in [1.165, 1.54) is 0 Å². The first kappa shape index (κ1) is 25.0. The average Bonchev–Trinajstić information content (AvgIpc) is 3.04. The molecule has 1 fully saturated rings. The highest BCUT2D eigenvalue weighted by atomic mass is 32.2. The predicted octanol–water partition coefficient (Wildman–Crippen LogP) is 5.66. The van der Waals surface area contributed by atoms with Gasteiger partial charge in [-0.2, -0.15) is 0 Å². The number of hydrogen-bond acceptors (Lipinski definition) is 6. The highest BCUT2D eigenvalue weighted by Crippen LogP contribution is 2.43. The number of fused-ring (bicyclic) bond motifs is 2. The Morgan fingerprint density at radius 1 is 0.974 bits per heavy atom. The lowest BCUT2D eigenvalue weighted by Gasteiger charge is -2.42. The number of amidine groups is 2. The summed E-state index contributed by atoms with van der Waals surface area (Å²) in [5.74, 6) is 0.856. The summed E-state index contributed by atoms with van der Waals surface area (Å²) < 4.78 is 29.4. The Morgan fingerprint density at radius 2 is 1.69 bits per heavy atom. The molecule has 3 aromatic carbocycles. The van der Waals surface area contributed by atoms with Crippen LogP contribution in [-0.2, 0) is 15.6 Å². The van der Waals surface area contributed by atoms with Gasteiger partial charge in [-0.25, -0.2) is 18.1 Å². The van der Waals surface area contributed by atoms with Gasteiger partial charge in [0, 0.05) is 17.3 Å². The van der Waals surface area contributed by atoms with Crippen LogP contribution >= 0.6 is 0 Å². The number of aromatic nitrogens is 1. The zero-order valence-corrected chi connectivity index (χ0v) is 22.2. The molecule has 0 amide bonds. The van der Waals surface area contributed by atoms with Crippen molar-refractivity contribution in [3.8, 4) is 0 Å².